The number of fused-ring (bicyclic) bond motifs is 8. The highest BCUT2D eigenvalue weighted by Crippen LogP contribution is 2.23. The van der Waals surface area contributed by atoms with E-state index in [4.69, 9.17) is 9.97 Å². The predicted molar refractivity (Wildman–Crippen MR) is 136 cm³/mol. The Labute approximate surface area is 189 Å². The van der Waals surface area contributed by atoms with Crippen LogP contribution in [0.3, 0.4) is 0 Å². The van der Waals surface area contributed by atoms with Crippen molar-refractivity contribution in [3.63, 3.8) is 0 Å². The van der Waals surface area contributed by atoms with Crippen LogP contribution in [0.25, 0.3) is 46.4 Å². The largest absolute Gasteiger partial charge is 0.355 e. The molecule has 0 radical (unpaired) electrons. The maximum atomic E-state index is 4.96. The molecule has 0 atom stereocenters. The van der Waals surface area contributed by atoms with Crippen LogP contribution >= 0.6 is 0 Å². The second kappa shape index (κ2) is 9.39. The number of rotatable bonds is 7. The monoisotopic (exact) mass is 422 g/mol. The number of nitrogens with one attached hydrogen (secondary N) is 2. The Kier molecular flexibility index (Phi) is 6.02. The van der Waals surface area contributed by atoms with Gasteiger partial charge in [0, 0.05) is 27.6 Å². The van der Waals surface area contributed by atoms with Gasteiger partial charge in [0.05, 0.1) is 22.8 Å². The highest BCUT2D eigenvalue weighted by Gasteiger charge is 2.08. The quantitative estimate of drug-likeness (QED) is 0.266. The van der Waals surface area contributed by atoms with Gasteiger partial charge >= 0.3 is 0 Å². The standard InChI is InChI=1S/C28H30N4/c1-2-3-4-5-6-7-8-26-27-15-13-24(31-27)18-22-11-9-20(29-22)17-21-10-12-23(30-21)19-25-14-16-28(26)32-25/h9-19,29,32H,2-8H2,1H3. The molecule has 5 heterocycles. The number of unbranched alkanes of at least 4 members (excludes halogenated alkanes) is 5. The highest BCUT2D eigenvalue weighted by molar-refractivity contribution is 5.79. The van der Waals surface area contributed by atoms with E-state index in [1.54, 1.807) is 0 Å². The molecule has 0 amide bonds. The second-order valence-electron chi connectivity index (χ2n) is 8.68. The fourth-order valence-corrected chi connectivity index (χ4v) is 4.41. The maximum absolute atomic E-state index is 4.96. The van der Waals surface area contributed by atoms with Crippen LogP contribution in [0.1, 0.15) is 73.8 Å². The van der Waals surface area contributed by atoms with Gasteiger partial charge in [-0.3, -0.25) is 0 Å². The van der Waals surface area contributed by atoms with Crippen molar-refractivity contribution in [3.8, 4) is 0 Å². The minimum atomic E-state index is 0.951. The van der Waals surface area contributed by atoms with Crippen molar-refractivity contribution in [3.05, 3.63) is 70.8 Å². The lowest BCUT2D eigenvalue weighted by molar-refractivity contribution is 0.607. The molecule has 3 aromatic heterocycles. The lowest BCUT2D eigenvalue weighted by Crippen LogP contribution is -1.92. The Balaban J connectivity index is 1.60. The third kappa shape index (κ3) is 4.75. The Morgan fingerprint density at radius 2 is 1.22 bits per heavy atom. The molecule has 3 aromatic rings. The summed E-state index contributed by atoms with van der Waals surface area (Å²) in [7, 11) is 0. The zero-order valence-electron chi connectivity index (χ0n) is 18.7. The van der Waals surface area contributed by atoms with Crippen LogP contribution in [0, 0.1) is 0 Å². The summed E-state index contributed by atoms with van der Waals surface area (Å²) >= 11 is 0. The molecule has 4 nitrogen and oxygen atoms in total. The van der Waals surface area contributed by atoms with Crippen LogP contribution in [0.2, 0.25) is 0 Å². The van der Waals surface area contributed by atoms with Crippen LogP contribution < -0.4 is 0 Å². The molecular formula is C28H30N4. The molecule has 0 fully saturated rings. The van der Waals surface area contributed by atoms with Crippen LogP contribution in [0.4, 0.5) is 0 Å². The molecule has 0 unspecified atom stereocenters. The molecule has 0 saturated carbocycles. The first-order valence-corrected chi connectivity index (χ1v) is 11.8. The molecule has 2 aliphatic rings. The van der Waals surface area contributed by atoms with E-state index >= 15 is 0 Å². The van der Waals surface area contributed by atoms with Crippen molar-refractivity contribution in [1.29, 1.82) is 0 Å². The van der Waals surface area contributed by atoms with Gasteiger partial charge in [-0.15, -0.1) is 0 Å². The third-order valence-electron chi connectivity index (χ3n) is 6.11. The lowest BCUT2D eigenvalue weighted by Gasteiger charge is -2.04. The Bertz CT molecular complexity index is 1320. The number of aryl methyl sites for hydroxylation is 1. The van der Waals surface area contributed by atoms with Crippen molar-refractivity contribution in [1.82, 2.24) is 19.9 Å². The normalized spacial score (nSPS) is 12.5. The van der Waals surface area contributed by atoms with Gasteiger partial charge in [0.15, 0.2) is 0 Å². The first-order chi connectivity index (χ1) is 15.8. The summed E-state index contributed by atoms with van der Waals surface area (Å²) < 4.78 is 0. The van der Waals surface area contributed by atoms with E-state index in [2.05, 4.69) is 83.7 Å². The third-order valence-corrected chi connectivity index (χ3v) is 6.11. The molecular weight excluding hydrogens is 392 g/mol. The summed E-state index contributed by atoms with van der Waals surface area (Å²) in [5.41, 5.74) is 9.56. The number of nitrogens with zero attached hydrogens (tertiary/aromatic N) is 2. The molecule has 0 spiro atoms. The molecule has 8 bridgehead atoms. The van der Waals surface area contributed by atoms with Gasteiger partial charge in [-0.05, 0) is 79.6 Å². The van der Waals surface area contributed by atoms with E-state index in [-0.39, 0.29) is 0 Å². The zero-order chi connectivity index (χ0) is 21.8. The average molecular weight is 423 g/mol. The van der Waals surface area contributed by atoms with Crippen molar-refractivity contribution >= 4 is 46.4 Å². The summed E-state index contributed by atoms with van der Waals surface area (Å²) in [5.74, 6) is 0. The smallest absolute Gasteiger partial charge is 0.0690 e. The molecule has 0 aliphatic carbocycles. The van der Waals surface area contributed by atoms with E-state index in [0.29, 0.717) is 0 Å². The minimum absolute atomic E-state index is 0.951. The Morgan fingerprint density at radius 3 is 1.97 bits per heavy atom. The number of aromatic nitrogens is 4. The van der Waals surface area contributed by atoms with Gasteiger partial charge in [-0.25, -0.2) is 9.97 Å². The minimum Gasteiger partial charge on any atom is -0.355 e. The maximum Gasteiger partial charge on any atom is 0.0690 e. The summed E-state index contributed by atoms with van der Waals surface area (Å²) in [6.07, 6.45) is 17.1. The number of H-pyrrole nitrogens is 2. The van der Waals surface area contributed by atoms with Gasteiger partial charge in [-0.1, -0.05) is 39.0 Å². The van der Waals surface area contributed by atoms with Crippen molar-refractivity contribution in [2.24, 2.45) is 0 Å². The summed E-state index contributed by atoms with van der Waals surface area (Å²) in [6, 6.07) is 14.8. The Hall–Kier alpha value is -3.40. The molecule has 0 aromatic carbocycles. The first-order valence-electron chi connectivity index (χ1n) is 11.8. The van der Waals surface area contributed by atoms with E-state index in [9.17, 15) is 0 Å². The topological polar surface area (TPSA) is 57.4 Å². The average Bonchev–Trinajstić information content (AvgIpc) is 3.58. The van der Waals surface area contributed by atoms with Gasteiger partial charge in [-0.2, -0.15) is 0 Å². The van der Waals surface area contributed by atoms with E-state index in [0.717, 1.165) is 51.3 Å². The number of hydrogen-bond acceptors (Lipinski definition) is 2. The highest BCUT2D eigenvalue weighted by atomic mass is 14.8. The summed E-state index contributed by atoms with van der Waals surface area (Å²) in [6.45, 7) is 2.27. The van der Waals surface area contributed by atoms with Crippen LogP contribution in [0.5, 0.6) is 0 Å². The first kappa shape index (κ1) is 20.5. The van der Waals surface area contributed by atoms with E-state index < -0.39 is 0 Å². The van der Waals surface area contributed by atoms with Crippen LogP contribution in [-0.4, -0.2) is 19.9 Å². The molecule has 2 N–H and O–H groups in total. The molecule has 2 aliphatic heterocycles. The fraction of sp³-hybridized carbons (Fsp3) is 0.286. The second-order valence-corrected chi connectivity index (χ2v) is 8.68. The van der Waals surface area contributed by atoms with Crippen molar-refractivity contribution < 1.29 is 0 Å². The molecule has 4 heteroatoms. The SMILES string of the molecule is CCCCCCCCc1c2nc(cc3ccc(cc4nc(cc5ccc1[nH]5)C=C4)[nH]3)C=C2. The van der Waals surface area contributed by atoms with Crippen molar-refractivity contribution in [2.75, 3.05) is 0 Å². The summed E-state index contributed by atoms with van der Waals surface area (Å²) in [5, 5.41) is 0. The van der Waals surface area contributed by atoms with Gasteiger partial charge in [0.25, 0.3) is 0 Å². The lowest BCUT2D eigenvalue weighted by atomic mass is 10.0. The van der Waals surface area contributed by atoms with Gasteiger partial charge in [0.2, 0.25) is 0 Å². The Morgan fingerprint density at radius 1 is 0.625 bits per heavy atom. The molecule has 162 valence electrons. The van der Waals surface area contributed by atoms with Crippen molar-refractivity contribution in [2.45, 2.75) is 51.9 Å². The van der Waals surface area contributed by atoms with Crippen LogP contribution in [0.15, 0.2) is 42.5 Å². The number of hydrogen-bond donors (Lipinski definition) is 2. The van der Waals surface area contributed by atoms with E-state index in [1.165, 1.54) is 44.1 Å². The molecule has 0 saturated heterocycles. The number of aromatic amines is 2. The fourth-order valence-electron chi connectivity index (χ4n) is 4.41. The zero-order valence-corrected chi connectivity index (χ0v) is 18.7. The molecule has 5 rings (SSSR count). The van der Waals surface area contributed by atoms with Gasteiger partial charge in [0.1, 0.15) is 0 Å². The molecule has 32 heavy (non-hydrogen) atoms. The van der Waals surface area contributed by atoms with Gasteiger partial charge < -0.3 is 9.97 Å². The van der Waals surface area contributed by atoms with Crippen LogP contribution in [-0.2, 0) is 6.42 Å². The summed E-state index contributed by atoms with van der Waals surface area (Å²) in [4.78, 5) is 16.8. The predicted octanol–water partition coefficient (Wildman–Crippen LogP) is 7.56. The van der Waals surface area contributed by atoms with E-state index in [1.807, 2.05) is 0 Å².